The van der Waals surface area contributed by atoms with Crippen LogP contribution in [0.15, 0.2) is 52.7 Å². The highest BCUT2D eigenvalue weighted by Crippen LogP contribution is 2.38. The third-order valence-corrected chi connectivity index (χ3v) is 3.72. The number of hydrogen-bond acceptors (Lipinski definition) is 5. The van der Waals surface area contributed by atoms with Crippen LogP contribution in [0.25, 0.3) is 10.9 Å². The summed E-state index contributed by atoms with van der Waals surface area (Å²) in [5.74, 6) is -0.150. The van der Waals surface area contributed by atoms with E-state index in [0.29, 0.717) is 17.0 Å². The van der Waals surface area contributed by atoms with Gasteiger partial charge in [0.1, 0.15) is 11.5 Å². The Bertz CT molecular complexity index is 1030. The van der Waals surface area contributed by atoms with Crippen molar-refractivity contribution in [1.29, 1.82) is 0 Å². The van der Waals surface area contributed by atoms with Crippen molar-refractivity contribution in [2.24, 2.45) is 10.2 Å². The zero-order valence-corrected chi connectivity index (χ0v) is 15.1. The second-order valence-electron chi connectivity index (χ2n) is 5.44. The lowest BCUT2D eigenvalue weighted by molar-refractivity contribution is -0.274. The molecule has 0 spiro atoms. The Morgan fingerprint density at radius 2 is 1.82 bits per heavy atom. The normalized spacial score (nSPS) is 11.7. The molecule has 0 aliphatic carbocycles. The predicted octanol–water partition coefficient (Wildman–Crippen LogP) is 5.26. The molecule has 3 rings (SSSR count). The third-order valence-electron chi connectivity index (χ3n) is 3.54. The molecule has 0 amide bonds. The first-order valence-corrected chi connectivity index (χ1v) is 8.13. The Balaban J connectivity index is 1.80. The van der Waals surface area contributed by atoms with E-state index in [4.69, 9.17) is 17.0 Å². The second kappa shape index (κ2) is 7.72. The van der Waals surface area contributed by atoms with Crippen LogP contribution in [0.3, 0.4) is 0 Å². The van der Waals surface area contributed by atoms with Gasteiger partial charge in [0, 0.05) is 11.1 Å². The zero-order chi connectivity index (χ0) is 20.3. The van der Waals surface area contributed by atoms with Crippen molar-refractivity contribution < 1.29 is 27.8 Å². The zero-order valence-electron chi connectivity index (χ0n) is 14.2. The van der Waals surface area contributed by atoms with E-state index in [1.807, 2.05) is 0 Å². The van der Waals surface area contributed by atoms with Crippen molar-refractivity contribution in [1.82, 2.24) is 4.98 Å². The van der Waals surface area contributed by atoms with E-state index in [1.54, 1.807) is 31.4 Å². The first-order valence-electron chi connectivity index (χ1n) is 7.72. The van der Waals surface area contributed by atoms with E-state index in [-0.39, 0.29) is 22.1 Å². The summed E-state index contributed by atoms with van der Waals surface area (Å²) in [4.78, 5) is 2.59. The number of aromatic nitrogens is 1. The van der Waals surface area contributed by atoms with Crippen LogP contribution in [-0.2, 0) is 0 Å². The first-order chi connectivity index (χ1) is 13.2. The number of benzene rings is 2. The van der Waals surface area contributed by atoms with E-state index in [1.165, 1.54) is 6.07 Å². The minimum atomic E-state index is -4.84. The molecule has 0 unspecified atom stereocenters. The van der Waals surface area contributed by atoms with E-state index in [9.17, 15) is 18.3 Å². The molecule has 7 nitrogen and oxygen atoms in total. The Labute approximate surface area is 161 Å². The summed E-state index contributed by atoms with van der Waals surface area (Å²) < 4.78 is 46.1. The van der Waals surface area contributed by atoms with E-state index in [0.717, 1.165) is 12.1 Å². The molecule has 0 radical (unpaired) electrons. The van der Waals surface area contributed by atoms with Gasteiger partial charge >= 0.3 is 6.36 Å². The summed E-state index contributed by atoms with van der Waals surface area (Å²) in [6.07, 6.45) is -4.84. The summed E-state index contributed by atoms with van der Waals surface area (Å²) >= 11 is 5.07. The van der Waals surface area contributed by atoms with E-state index < -0.39 is 12.1 Å². The molecule has 146 valence electrons. The number of azo groups is 1. The summed E-state index contributed by atoms with van der Waals surface area (Å²) in [5, 5.41) is 20.6. The number of nitrogens with zero attached hydrogens (tertiary/aromatic N) is 2. The minimum Gasteiger partial charge on any atom is -0.497 e. The van der Waals surface area contributed by atoms with Gasteiger partial charge in [-0.05, 0) is 54.7 Å². The molecule has 0 aliphatic rings. The van der Waals surface area contributed by atoms with E-state index in [2.05, 4.69) is 25.3 Å². The van der Waals surface area contributed by atoms with Crippen LogP contribution in [0.5, 0.6) is 17.4 Å². The molecule has 28 heavy (non-hydrogen) atoms. The van der Waals surface area contributed by atoms with Gasteiger partial charge in [0.25, 0.3) is 0 Å². The summed E-state index contributed by atoms with van der Waals surface area (Å²) in [5.41, 5.74) is 0.922. The highest BCUT2D eigenvalue weighted by Gasteiger charge is 2.31. The number of anilines is 1. The SMILES string of the molecule is COc1ccc(NC(=S)N=Nc2c(O)[nH]c3ccc(OC(F)(F)F)cc23)cc1. The van der Waals surface area contributed by atoms with Crippen molar-refractivity contribution in [3.63, 3.8) is 0 Å². The molecule has 3 aromatic rings. The lowest BCUT2D eigenvalue weighted by Gasteiger charge is -2.08. The summed E-state index contributed by atoms with van der Waals surface area (Å²) in [7, 11) is 1.54. The Hall–Kier alpha value is -3.34. The van der Waals surface area contributed by atoms with Crippen LogP contribution in [0.2, 0.25) is 0 Å². The molecule has 0 bridgehead atoms. The van der Waals surface area contributed by atoms with Crippen molar-refractivity contribution in [3.8, 4) is 17.4 Å². The maximum atomic E-state index is 12.4. The Morgan fingerprint density at radius 1 is 1.14 bits per heavy atom. The van der Waals surface area contributed by atoms with Crippen molar-refractivity contribution >= 4 is 39.6 Å². The lowest BCUT2D eigenvalue weighted by atomic mass is 10.2. The molecule has 3 N–H and O–H groups in total. The number of hydrogen-bond donors (Lipinski definition) is 3. The van der Waals surface area contributed by atoms with Crippen LogP contribution in [-0.4, -0.2) is 28.7 Å². The average Bonchev–Trinajstić information content (AvgIpc) is 2.94. The monoisotopic (exact) mass is 410 g/mol. The van der Waals surface area contributed by atoms with Gasteiger partial charge in [-0.25, -0.2) is 0 Å². The number of halogens is 3. The number of ether oxygens (including phenoxy) is 2. The summed E-state index contributed by atoms with van der Waals surface area (Å²) in [6.45, 7) is 0. The fraction of sp³-hybridized carbons (Fsp3) is 0.118. The van der Waals surface area contributed by atoms with Crippen molar-refractivity contribution in [2.75, 3.05) is 12.4 Å². The molecule has 0 atom stereocenters. The van der Waals surface area contributed by atoms with Gasteiger partial charge in [-0.15, -0.1) is 23.4 Å². The molecular weight excluding hydrogens is 397 g/mol. The number of methoxy groups -OCH3 is 1. The molecule has 1 aromatic heterocycles. The molecule has 0 fully saturated rings. The number of H-pyrrole nitrogens is 1. The van der Waals surface area contributed by atoms with Gasteiger partial charge in [0.15, 0.2) is 5.69 Å². The standard InChI is InChI=1S/C17H13F3N4O3S/c1-26-10-4-2-9(3-5-10)21-16(28)24-23-14-12-8-11(27-17(18,19)20)6-7-13(12)22-15(14)25/h2-8,22,25H,1H3,(H,21,28). The topological polar surface area (TPSA) is 91.2 Å². The number of aromatic hydroxyl groups is 1. The average molecular weight is 410 g/mol. The smallest absolute Gasteiger partial charge is 0.497 e. The highest BCUT2D eigenvalue weighted by molar-refractivity contribution is 7.80. The number of nitrogens with one attached hydrogen (secondary N) is 2. The maximum absolute atomic E-state index is 12.4. The van der Waals surface area contributed by atoms with Gasteiger partial charge < -0.3 is 24.9 Å². The van der Waals surface area contributed by atoms with Crippen LogP contribution in [0.1, 0.15) is 0 Å². The van der Waals surface area contributed by atoms with Gasteiger partial charge in [-0.3, -0.25) is 0 Å². The summed E-state index contributed by atoms with van der Waals surface area (Å²) in [6, 6.07) is 10.4. The highest BCUT2D eigenvalue weighted by atomic mass is 32.1. The second-order valence-corrected chi connectivity index (χ2v) is 5.82. The van der Waals surface area contributed by atoms with E-state index >= 15 is 0 Å². The first kappa shape index (κ1) is 19.4. The Kier molecular flexibility index (Phi) is 5.36. The van der Waals surface area contributed by atoms with Gasteiger partial charge in [-0.2, -0.15) is 0 Å². The number of rotatable bonds is 4. The minimum absolute atomic E-state index is 0.0124. The molecule has 0 saturated heterocycles. The molecule has 11 heteroatoms. The van der Waals surface area contributed by atoms with Crippen molar-refractivity contribution in [2.45, 2.75) is 6.36 Å². The predicted molar refractivity (Wildman–Crippen MR) is 100 cm³/mol. The number of fused-ring (bicyclic) bond motifs is 1. The molecule has 0 saturated carbocycles. The lowest BCUT2D eigenvalue weighted by Crippen LogP contribution is -2.16. The van der Waals surface area contributed by atoms with Crippen LogP contribution < -0.4 is 14.8 Å². The van der Waals surface area contributed by atoms with Crippen LogP contribution >= 0.6 is 12.2 Å². The fourth-order valence-electron chi connectivity index (χ4n) is 2.36. The maximum Gasteiger partial charge on any atom is 0.573 e. The van der Waals surface area contributed by atoms with Gasteiger partial charge in [0.05, 0.1) is 12.6 Å². The molecule has 2 aromatic carbocycles. The van der Waals surface area contributed by atoms with Crippen LogP contribution in [0.4, 0.5) is 24.5 Å². The number of alkyl halides is 3. The molecule has 1 heterocycles. The molecular formula is C17H13F3N4O3S. The largest absolute Gasteiger partial charge is 0.573 e. The third kappa shape index (κ3) is 4.68. The Morgan fingerprint density at radius 3 is 2.46 bits per heavy atom. The number of thiocarbonyl (C=S) groups is 1. The van der Waals surface area contributed by atoms with Gasteiger partial charge in [-0.1, -0.05) is 0 Å². The number of aromatic amines is 1. The molecule has 0 aliphatic heterocycles. The van der Waals surface area contributed by atoms with Crippen molar-refractivity contribution in [3.05, 3.63) is 42.5 Å². The fourth-order valence-corrected chi connectivity index (χ4v) is 2.52. The van der Waals surface area contributed by atoms with Crippen LogP contribution in [0, 0.1) is 0 Å². The quantitative estimate of drug-likeness (QED) is 0.403. The van der Waals surface area contributed by atoms with Gasteiger partial charge in [0.2, 0.25) is 11.0 Å².